The first kappa shape index (κ1) is 21.2. The quantitative estimate of drug-likeness (QED) is 0.330. The molecule has 0 radical (unpaired) electrons. The molecule has 0 saturated heterocycles. The van der Waals surface area contributed by atoms with Crippen LogP contribution in [0.3, 0.4) is 0 Å². The maximum atomic E-state index is 12.0. The number of nitrogens with one attached hydrogen (secondary N) is 2. The van der Waals surface area contributed by atoms with Crippen LogP contribution in [0, 0.1) is 6.92 Å². The Morgan fingerprint density at radius 3 is 2.75 bits per heavy atom. The molecule has 3 aromatic rings. The van der Waals surface area contributed by atoms with E-state index in [0.717, 1.165) is 28.2 Å². The molecule has 0 aliphatic rings. The molecule has 0 aliphatic carbocycles. The van der Waals surface area contributed by atoms with E-state index in [9.17, 15) is 4.79 Å². The Hall–Kier alpha value is -1.55. The number of benzene rings is 1. The van der Waals surface area contributed by atoms with E-state index in [1.165, 1.54) is 38.4 Å². The lowest BCUT2D eigenvalue weighted by Crippen LogP contribution is -2.27. The van der Waals surface area contributed by atoms with Crippen LogP contribution in [0.25, 0.3) is 0 Å². The first-order valence-electron chi connectivity index (χ1n) is 8.88. The lowest BCUT2D eigenvalue weighted by Gasteiger charge is -2.04. The van der Waals surface area contributed by atoms with Gasteiger partial charge in [-0.05, 0) is 36.9 Å². The van der Waals surface area contributed by atoms with Crippen LogP contribution >= 0.6 is 46.2 Å². The van der Waals surface area contributed by atoms with E-state index in [4.69, 9.17) is 0 Å². The Labute approximate surface area is 181 Å². The molecule has 2 heterocycles. The van der Waals surface area contributed by atoms with Gasteiger partial charge < -0.3 is 10.6 Å². The van der Waals surface area contributed by atoms with E-state index >= 15 is 0 Å². The monoisotopic (exact) mass is 450 g/mol. The summed E-state index contributed by atoms with van der Waals surface area (Å²) in [5.41, 5.74) is 1.26. The summed E-state index contributed by atoms with van der Waals surface area (Å²) in [5.74, 6) is 1.24. The molecule has 0 saturated carbocycles. The second kappa shape index (κ2) is 11.5. The van der Waals surface area contributed by atoms with Crippen molar-refractivity contribution < 1.29 is 4.79 Å². The second-order valence-corrected chi connectivity index (χ2v) is 10.3. The largest absolute Gasteiger partial charge is 0.360 e. The zero-order chi connectivity index (χ0) is 19.6. The highest BCUT2D eigenvalue weighted by Gasteiger charge is 2.08. The normalized spacial score (nSPS) is 10.8. The van der Waals surface area contributed by atoms with Gasteiger partial charge in [-0.25, -0.2) is 0 Å². The highest BCUT2D eigenvalue weighted by atomic mass is 32.2. The van der Waals surface area contributed by atoms with Crippen LogP contribution in [0.1, 0.15) is 10.4 Å². The molecule has 1 aromatic carbocycles. The van der Waals surface area contributed by atoms with Crippen LogP contribution in [0.5, 0.6) is 0 Å². The predicted octanol–water partition coefficient (Wildman–Crippen LogP) is 4.56. The van der Waals surface area contributed by atoms with Crippen LogP contribution in [0.2, 0.25) is 0 Å². The van der Waals surface area contributed by atoms with Crippen LogP contribution in [-0.4, -0.2) is 40.7 Å². The number of carbonyl (C=O) groups is 1. The zero-order valence-electron chi connectivity index (χ0n) is 15.5. The summed E-state index contributed by atoms with van der Waals surface area (Å²) >= 11 is 6.42. The van der Waals surface area contributed by atoms with Gasteiger partial charge in [0.2, 0.25) is 11.0 Å². The van der Waals surface area contributed by atoms with Gasteiger partial charge in [-0.3, -0.25) is 4.79 Å². The number of aryl methyl sites for hydroxylation is 1. The molecule has 2 aromatic heterocycles. The molecule has 148 valence electrons. The average molecular weight is 451 g/mol. The number of rotatable bonds is 11. The van der Waals surface area contributed by atoms with E-state index in [1.807, 2.05) is 0 Å². The number of thiophene rings is 1. The Morgan fingerprint density at radius 2 is 1.96 bits per heavy atom. The van der Waals surface area contributed by atoms with Gasteiger partial charge >= 0.3 is 0 Å². The fourth-order valence-corrected chi connectivity index (χ4v) is 5.34. The molecule has 5 nitrogen and oxygen atoms in total. The molecule has 2 N–H and O–H groups in total. The third-order valence-corrected chi connectivity index (χ3v) is 7.64. The van der Waals surface area contributed by atoms with E-state index < -0.39 is 0 Å². The van der Waals surface area contributed by atoms with Crippen molar-refractivity contribution in [3.05, 3.63) is 52.2 Å². The molecular formula is C19H22N4OS4. The second-order valence-electron chi connectivity index (χ2n) is 5.93. The lowest BCUT2D eigenvalue weighted by atomic mass is 10.2. The van der Waals surface area contributed by atoms with Crippen molar-refractivity contribution in [2.24, 2.45) is 0 Å². The van der Waals surface area contributed by atoms with E-state index in [1.54, 1.807) is 23.1 Å². The highest BCUT2D eigenvalue weighted by Crippen LogP contribution is 2.25. The van der Waals surface area contributed by atoms with Gasteiger partial charge in [-0.1, -0.05) is 46.9 Å². The highest BCUT2D eigenvalue weighted by molar-refractivity contribution is 8.01. The van der Waals surface area contributed by atoms with Gasteiger partial charge in [-0.15, -0.1) is 33.3 Å². The number of anilines is 1. The maximum absolute atomic E-state index is 12.0. The van der Waals surface area contributed by atoms with Gasteiger partial charge in [0.05, 0.1) is 5.75 Å². The van der Waals surface area contributed by atoms with Crippen molar-refractivity contribution in [1.82, 2.24) is 15.5 Å². The number of hydrogen-bond donors (Lipinski definition) is 2. The Bertz CT molecular complexity index is 849. The molecule has 0 unspecified atom stereocenters. The van der Waals surface area contributed by atoms with Crippen molar-refractivity contribution >= 4 is 57.2 Å². The Balaban J connectivity index is 1.28. The molecule has 0 aliphatic heterocycles. The molecule has 1 amide bonds. The van der Waals surface area contributed by atoms with E-state index in [-0.39, 0.29) is 5.91 Å². The fourth-order valence-electron chi connectivity index (χ4n) is 2.26. The third kappa shape index (κ3) is 7.46. The van der Waals surface area contributed by atoms with Crippen LogP contribution < -0.4 is 10.6 Å². The van der Waals surface area contributed by atoms with Gasteiger partial charge in [0, 0.05) is 28.6 Å². The number of amides is 1. The van der Waals surface area contributed by atoms with Gasteiger partial charge in [0.15, 0.2) is 4.34 Å². The summed E-state index contributed by atoms with van der Waals surface area (Å²) in [7, 11) is 0. The number of aromatic nitrogens is 2. The van der Waals surface area contributed by atoms with Crippen LogP contribution in [-0.2, 0) is 11.2 Å². The number of hydrogen-bond acceptors (Lipinski definition) is 8. The van der Waals surface area contributed by atoms with Gasteiger partial charge in [0.1, 0.15) is 0 Å². The zero-order valence-corrected chi connectivity index (χ0v) is 18.8. The summed E-state index contributed by atoms with van der Waals surface area (Å²) in [6, 6.07) is 12.6. The Morgan fingerprint density at radius 1 is 1.11 bits per heavy atom. The number of thioether (sulfide) groups is 2. The maximum Gasteiger partial charge on any atom is 0.230 e. The molecule has 0 bridgehead atoms. The summed E-state index contributed by atoms with van der Waals surface area (Å²) in [6.45, 7) is 3.57. The summed E-state index contributed by atoms with van der Waals surface area (Å²) in [5, 5.41) is 17.4. The molecule has 0 fully saturated rings. The van der Waals surface area contributed by atoms with Crippen molar-refractivity contribution in [3.8, 4) is 0 Å². The SMILES string of the molecule is Cc1ccc(SCCNC(=O)CSc2nnc(NCCc3cccs3)s2)cc1. The minimum Gasteiger partial charge on any atom is -0.360 e. The standard InChI is InChI=1S/C19H22N4OS4/c1-14-4-6-16(7-5-14)26-12-10-20-17(24)13-27-19-23-22-18(28-19)21-9-8-15-3-2-11-25-15/h2-7,11H,8-10,12-13H2,1H3,(H,20,24)(H,21,22). The fraction of sp³-hybridized carbons (Fsp3) is 0.316. The van der Waals surface area contributed by atoms with Crippen molar-refractivity contribution in [1.29, 1.82) is 0 Å². The average Bonchev–Trinajstić information content (AvgIpc) is 3.37. The molecule has 0 spiro atoms. The minimum atomic E-state index is 0.0249. The molecule has 9 heteroatoms. The smallest absolute Gasteiger partial charge is 0.230 e. The first-order chi connectivity index (χ1) is 13.7. The predicted molar refractivity (Wildman–Crippen MR) is 122 cm³/mol. The Kier molecular flexibility index (Phi) is 8.66. The molecule has 0 atom stereocenters. The topological polar surface area (TPSA) is 66.9 Å². The summed E-state index contributed by atoms with van der Waals surface area (Å²) in [6.07, 6.45) is 0.975. The number of carbonyl (C=O) groups excluding carboxylic acids is 1. The summed E-state index contributed by atoms with van der Waals surface area (Å²) in [4.78, 5) is 14.6. The molecular weight excluding hydrogens is 429 g/mol. The molecule has 28 heavy (non-hydrogen) atoms. The minimum absolute atomic E-state index is 0.0249. The third-order valence-electron chi connectivity index (χ3n) is 3.67. The van der Waals surface area contributed by atoms with Crippen molar-refractivity contribution in [2.75, 3.05) is 29.9 Å². The summed E-state index contributed by atoms with van der Waals surface area (Å²) < 4.78 is 0.808. The first-order valence-corrected chi connectivity index (χ1v) is 12.5. The lowest BCUT2D eigenvalue weighted by molar-refractivity contribution is -0.118. The van der Waals surface area contributed by atoms with Crippen LogP contribution in [0.4, 0.5) is 5.13 Å². The van der Waals surface area contributed by atoms with Gasteiger partial charge in [-0.2, -0.15) is 0 Å². The van der Waals surface area contributed by atoms with Crippen LogP contribution in [0.15, 0.2) is 51.0 Å². The van der Waals surface area contributed by atoms with E-state index in [0.29, 0.717) is 12.3 Å². The van der Waals surface area contributed by atoms with Crippen molar-refractivity contribution in [3.63, 3.8) is 0 Å². The van der Waals surface area contributed by atoms with Crippen molar-refractivity contribution in [2.45, 2.75) is 22.6 Å². The molecule has 3 rings (SSSR count). The van der Waals surface area contributed by atoms with Gasteiger partial charge in [0.25, 0.3) is 0 Å². The van der Waals surface area contributed by atoms with E-state index in [2.05, 4.69) is 69.5 Å². The number of nitrogens with zero attached hydrogens (tertiary/aromatic N) is 2.